The Labute approximate surface area is 180 Å². The minimum Gasteiger partial charge on any atom is -0.493 e. The van der Waals surface area contributed by atoms with Crippen LogP contribution in [0.25, 0.3) is 10.8 Å². The topological polar surface area (TPSA) is 93.7 Å². The zero-order valence-corrected chi connectivity index (χ0v) is 17.4. The zero-order valence-electron chi connectivity index (χ0n) is 17.4. The number of carbonyl (C=O) groups excluding carboxylic acids is 3. The molecule has 0 bridgehead atoms. The van der Waals surface area contributed by atoms with E-state index in [1.165, 1.54) is 6.92 Å². The number of anilines is 1. The number of esters is 1. The number of rotatable bonds is 8. The summed E-state index contributed by atoms with van der Waals surface area (Å²) in [5.74, 6) is -1.21. The van der Waals surface area contributed by atoms with Crippen molar-refractivity contribution in [1.82, 2.24) is 5.32 Å². The van der Waals surface area contributed by atoms with Crippen LogP contribution >= 0.6 is 0 Å². The number of ether oxygens (including phenoxy) is 2. The van der Waals surface area contributed by atoms with Crippen molar-refractivity contribution in [1.29, 1.82) is 0 Å². The average Bonchev–Trinajstić information content (AvgIpc) is 2.78. The molecular weight excluding hydrogens is 396 g/mol. The second kappa shape index (κ2) is 10.2. The van der Waals surface area contributed by atoms with Gasteiger partial charge in [-0.3, -0.25) is 14.4 Å². The van der Waals surface area contributed by atoms with E-state index < -0.39 is 23.9 Å². The van der Waals surface area contributed by atoms with E-state index in [1.54, 1.807) is 30.3 Å². The Morgan fingerprint density at radius 3 is 2.42 bits per heavy atom. The van der Waals surface area contributed by atoms with E-state index in [4.69, 9.17) is 9.47 Å². The molecule has 0 aliphatic rings. The fraction of sp³-hybridized carbons (Fsp3) is 0.208. The van der Waals surface area contributed by atoms with Crippen molar-refractivity contribution in [3.8, 4) is 5.75 Å². The number of hydrogen-bond donors (Lipinski definition) is 2. The van der Waals surface area contributed by atoms with Crippen LogP contribution in [-0.2, 0) is 14.3 Å². The van der Waals surface area contributed by atoms with E-state index in [2.05, 4.69) is 10.6 Å². The maximum Gasteiger partial charge on any atom is 0.326 e. The lowest BCUT2D eigenvalue weighted by Gasteiger charge is -2.14. The van der Waals surface area contributed by atoms with Crippen LogP contribution < -0.4 is 15.4 Å². The lowest BCUT2D eigenvalue weighted by Crippen LogP contribution is -2.36. The van der Waals surface area contributed by atoms with Gasteiger partial charge in [0.15, 0.2) is 6.10 Å². The van der Waals surface area contributed by atoms with Gasteiger partial charge < -0.3 is 20.1 Å². The minimum atomic E-state index is -1.02. The van der Waals surface area contributed by atoms with E-state index >= 15 is 0 Å². The Morgan fingerprint density at radius 2 is 1.65 bits per heavy atom. The highest BCUT2D eigenvalue weighted by molar-refractivity contribution is 5.99. The van der Waals surface area contributed by atoms with Crippen molar-refractivity contribution in [2.24, 2.45) is 0 Å². The maximum absolute atomic E-state index is 12.4. The van der Waals surface area contributed by atoms with Crippen LogP contribution in [0.3, 0.4) is 0 Å². The van der Waals surface area contributed by atoms with Crippen molar-refractivity contribution in [2.75, 3.05) is 18.5 Å². The normalized spacial score (nSPS) is 11.4. The van der Waals surface area contributed by atoms with Crippen LogP contribution in [0.15, 0.2) is 66.7 Å². The highest BCUT2D eigenvalue weighted by Crippen LogP contribution is 2.19. The van der Waals surface area contributed by atoms with Crippen LogP contribution in [0.1, 0.15) is 24.2 Å². The van der Waals surface area contributed by atoms with Gasteiger partial charge in [0.1, 0.15) is 12.3 Å². The molecule has 0 radical (unpaired) electrons. The van der Waals surface area contributed by atoms with Crippen molar-refractivity contribution in [3.05, 3.63) is 72.3 Å². The molecule has 2 amide bonds. The molecule has 0 unspecified atom stereocenters. The molecule has 0 spiro atoms. The monoisotopic (exact) mass is 420 g/mol. The van der Waals surface area contributed by atoms with Gasteiger partial charge in [0.25, 0.3) is 11.8 Å². The molecule has 0 aliphatic carbocycles. The molecule has 0 fully saturated rings. The van der Waals surface area contributed by atoms with Gasteiger partial charge in [0.05, 0.1) is 12.2 Å². The van der Waals surface area contributed by atoms with Gasteiger partial charge in [0, 0.05) is 5.69 Å². The molecular formula is C24H24N2O5. The molecule has 0 saturated heterocycles. The van der Waals surface area contributed by atoms with Crippen LogP contribution in [0.2, 0.25) is 0 Å². The van der Waals surface area contributed by atoms with E-state index in [9.17, 15) is 14.4 Å². The van der Waals surface area contributed by atoms with E-state index in [0.717, 1.165) is 10.8 Å². The van der Waals surface area contributed by atoms with Gasteiger partial charge in [-0.25, -0.2) is 0 Å². The molecule has 0 saturated carbocycles. The smallest absolute Gasteiger partial charge is 0.326 e. The van der Waals surface area contributed by atoms with Crippen molar-refractivity contribution in [3.63, 3.8) is 0 Å². The second-order valence-corrected chi connectivity index (χ2v) is 6.80. The highest BCUT2D eigenvalue weighted by atomic mass is 16.5. The van der Waals surface area contributed by atoms with Gasteiger partial charge >= 0.3 is 5.97 Å². The first-order valence-corrected chi connectivity index (χ1v) is 9.97. The number of carbonyl (C=O) groups is 3. The molecule has 1 atom stereocenters. The Morgan fingerprint density at radius 1 is 0.935 bits per heavy atom. The Hall–Kier alpha value is -3.87. The van der Waals surface area contributed by atoms with Crippen LogP contribution in [0.5, 0.6) is 5.75 Å². The molecule has 160 valence electrons. The summed E-state index contributed by atoms with van der Waals surface area (Å²) in [6.45, 7) is 3.33. The number of benzene rings is 3. The fourth-order valence-corrected chi connectivity index (χ4v) is 2.99. The maximum atomic E-state index is 12.4. The first-order chi connectivity index (χ1) is 15.0. The summed E-state index contributed by atoms with van der Waals surface area (Å²) in [6.07, 6.45) is -1.02. The van der Waals surface area contributed by atoms with Gasteiger partial charge in [-0.2, -0.15) is 0 Å². The highest BCUT2D eigenvalue weighted by Gasteiger charge is 2.19. The fourth-order valence-electron chi connectivity index (χ4n) is 2.99. The largest absolute Gasteiger partial charge is 0.493 e. The third-order valence-electron chi connectivity index (χ3n) is 4.52. The van der Waals surface area contributed by atoms with E-state index in [1.807, 2.05) is 43.3 Å². The van der Waals surface area contributed by atoms with E-state index in [0.29, 0.717) is 23.6 Å². The van der Waals surface area contributed by atoms with Crippen molar-refractivity contribution in [2.45, 2.75) is 20.0 Å². The summed E-state index contributed by atoms with van der Waals surface area (Å²) >= 11 is 0. The average molecular weight is 420 g/mol. The van der Waals surface area contributed by atoms with Crippen LogP contribution in [0.4, 0.5) is 5.69 Å². The second-order valence-electron chi connectivity index (χ2n) is 6.80. The van der Waals surface area contributed by atoms with E-state index in [-0.39, 0.29) is 6.54 Å². The lowest BCUT2D eigenvalue weighted by atomic mass is 10.1. The molecule has 31 heavy (non-hydrogen) atoms. The van der Waals surface area contributed by atoms with Gasteiger partial charge in [0.2, 0.25) is 0 Å². The predicted octanol–water partition coefficient (Wildman–Crippen LogP) is 3.54. The third-order valence-corrected chi connectivity index (χ3v) is 4.52. The van der Waals surface area contributed by atoms with Crippen LogP contribution in [-0.4, -0.2) is 37.0 Å². The van der Waals surface area contributed by atoms with Gasteiger partial charge in [-0.1, -0.05) is 42.5 Å². The standard InChI is InChI=1S/C24H24N2O5/c1-3-30-21-11-7-6-10-20(21)24(29)25-15-22(27)31-16(2)23(28)26-19-13-12-17-8-4-5-9-18(17)14-19/h4-14,16H,3,15H2,1-2H3,(H,25,29)(H,26,28)/t16-/m1/s1. The Bertz CT molecular complexity index is 1100. The summed E-state index contributed by atoms with van der Waals surface area (Å²) in [7, 11) is 0. The lowest BCUT2D eigenvalue weighted by molar-refractivity contribution is -0.152. The number of hydrogen-bond acceptors (Lipinski definition) is 5. The van der Waals surface area contributed by atoms with Gasteiger partial charge in [-0.05, 0) is 48.9 Å². The minimum absolute atomic E-state index is 0.319. The Balaban J connectivity index is 1.51. The van der Waals surface area contributed by atoms with Crippen molar-refractivity contribution >= 4 is 34.2 Å². The summed E-state index contributed by atoms with van der Waals surface area (Å²) in [6, 6.07) is 20.0. The molecule has 2 N–H and O–H groups in total. The van der Waals surface area contributed by atoms with Crippen LogP contribution in [0, 0.1) is 0 Å². The molecule has 3 rings (SSSR count). The molecule has 0 aromatic heterocycles. The number of fused-ring (bicyclic) bond motifs is 1. The molecule has 0 heterocycles. The quantitative estimate of drug-likeness (QED) is 0.544. The first kappa shape index (κ1) is 21.8. The zero-order chi connectivity index (χ0) is 22.2. The number of amides is 2. The SMILES string of the molecule is CCOc1ccccc1C(=O)NCC(=O)O[C@H](C)C(=O)Nc1ccc2ccccc2c1. The summed E-state index contributed by atoms with van der Waals surface area (Å²) in [5, 5.41) is 7.26. The summed E-state index contributed by atoms with van der Waals surface area (Å²) in [5.41, 5.74) is 0.923. The van der Waals surface area contributed by atoms with Gasteiger partial charge in [-0.15, -0.1) is 0 Å². The first-order valence-electron chi connectivity index (χ1n) is 9.97. The molecule has 3 aromatic carbocycles. The summed E-state index contributed by atoms with van der Waals surface area (Å²) < 4.78 is 10.6. The molecule has 0 aliphatic heterocycles. The third kappa shape index (κ3) is 5.82. The summed E-state index contributed by atoms with van der Waals surface area (Å²) in [4.78, 5) is 36.8. The number of nitrogens with one attached hydrogen (secondary N) is 2. The predicted molar refractivity (Wildman–Crippen MR) is 118 cm³/mol. The van der Waals surface area contributed by atoms with Crippen molar-refractivity contribution < 1.29 is 23.9 Å². The molecule has 7 heteroatoms. The Kier molecular flexibility index (Phi) is 7.22. The molecule has 7 nitrogen and oxygen atoms in total. The molecule has 3 aromatic rings. The number of para-hydroxylation sites is 1.